The van der Waals surface area contributed by atoms with Gasteiger partial charge in [0.05, 0.1) is 0 Å². The number of nitrogen functional groups attached to an aromatic ring is 1. The lowest BCUT2D eigenvalue weighted by Gasteiger charge is -2.15. The van der Waals surface area contributed by atoms with Crippen molar-refractivity contribution in [2.45, 2.75) is 33.6 Å². The highest BCUT2D eigenvalue weighted by Gasteiger charge is 2.06. The average Bonchev–Trinajstić information content (AvgIpc) is 2.30. The Hall–Kier alpha value is -1.51. The van der Waals surface area contributed by atoms with E-state index in [9.17, 15) is 4.79 Å². The number of carbonyl (C=O) groups is 1. The van der Waals surface area contributed by atoms with Crippen LogP contribution in [-0.4, -0.2) is 12.3 Å². The number of nitrogens with one attached hydrogen (secondary N) is 1. The van der Waals surface area contributed by atoms with Crippen LogP contribution in [0.5, 0.6) is 0 Å². The summed E-state index contributed by atoms with van der Waals surface area (Å²) in [4.78, 5) is 11.2. The zero-order valence-electron chi connectivity index (χ0n) is 10.9. The first-order chi connectivity index (χ1) is 8.08. The molecule has 1 rings (SSSR count). The molecule has 0 unspecified atom stereocenters. The van der Waals surface area contributed by atoms with Gasteiger partial charge >= 0.3 is 0 Å². The van der Waals surface area contributed by atoms with Crippen molar-refractivity contribution in [3.8, 4) is 0 Å². The lowest BCUT2D eigenvalue weighted by atomic mass is 10.0. The number of carbonyl (C=O) groups excluding carboxylic acids is 1. The van der Waals surface area contributed by atoms with Crippen LogP contribution >= 0.6 is 0 Å². The SMILES string of the molecule is CCC(CC)CNc1ccc(C(C)=O)c(N)c1. The number of hydrogen-bond acceptors (Lipinski definition) is 3. The first kappa shape index (κ1) is 13.6. The van der Waals surface area contributed by atoms with E-state index in [-0.39, 0.29) is 5.78 Å². The Balaban J connectivity index is 2.67. The first-order valence-corrected chi connectivity index (χ1v) is 6.22. The quantitative estimate of drug-likeness (QED) is 0.586. The van der Waals surface area contributed by atoms with Gasteiger partial charge in [-0.3, -0.25) is 4.79 Å². The Morgan fingerprint density at radius 1 is 1.35 bits per heavy atom. The van der Waals surface area contributed by atoms with Gasteiger partial charge in [-0.15, -0.1) is 0 Å². The standard InChI is InChI=1S/C14H22N2O/c1-4-11(5-2)9-16-12-6-7-13(10(3)17)14(15)8-12/h6-8,11,16H,4-5,9,15H2,1-3H3. The highest BCUT2D eigenvalue weighted by Crippen LogP contribution is 2.19. The second-order valence-corrected chi connectivity index (χ2v) is 4.42. The molecular formula is C14H22N2O. The molecule has 0 fully saturated rings. The molecule has 0 aliphatic rings. The Morgan fingerprint density at radius 3 is 2.47 bits per heavy atom. The molecule has 3 nitrogen and oxygen atoms in total. The molecule has 0 spiro atoms. The van der Waals surface area contributed by atoms with Crippen molar-refractivity contribution in [1.82, 2.24) is 0 Å². The third-order valence-electron chi connectivity index (χ3n) is 3.18. The molecule has 3 N–H and O–H groups in total. The number of hydrogen-bond donors (Lipinski definition) is 2. The highest BCUT2D eigenvalue weighted by atomic mass is 16.1. The van der Waals surface area contributed by atoms with Crippen LogP contribution in [0.3, 0.4) is 0 Å². The van der Waals surface area contributed by atoms with E-state index in [1.807, 2.05) is 12.1 Å². The first-order valence-electron chi connectivity index (χ1n) is 6.22. The number of Topliss-reactive ketones (excluding diaryl/α,β-unsaturated/α-hetero) is 1. The fourth-order valence-corrected chi connectivity index (χ4v) is 1.83. The summed E-state index contributed by atoms with van der Waals surface area (Å²) in [7, 11) is 0. The van der Waals surface area contributed by atoms with Crippen molar-refractivity contribution in [3.05, 3.63) is 23.8 Å². The molecule has 0 aromatic heterocycles. The maximum atomic E-state index is 11.2. The summed E-state index contributed by atoms with van der Waals surface area (Å²) < 4.78 is 0. The molecular weight excluding hydrogens is 212 g/mol. The summed E-state index contributed by atoms with van der Waals surface area (Å²) in [5, 5.41) is 3.36. The lowest BCUT2D eigenvalue weighted by molar-refractivity contribution is 0.101. The summed E-state index contributed by atoms with van der Waals surface area (Å²) in [5.74, 6) is 0.692. The number of benzene rings is 1. The maximum absolute atomic E-state index is 11.2. The van der Waals surface area contributed by atoms with Gasteiger partial charge in [-0.2, -0.15) is 0 Å². The second kappa shape index (κ2) is 6.28. The van der Waals surface area contributed by atoms with Crippen LogP contribution in [0.1, 0.15) is 44.0 Å². The molecule has 0 saturated carbocycles. The third-order valence-corrected chi connectivity index (χ3v) is 3.18. The van der Waals surface area contributed by atoms with Gasteiger partial charge < -0.3 is 11.1 Å². The van der Waals surface area contributed by atoms with Gasteiger partial charge in [-0.05, 0) is 31.0 Å². The molecule has 0 saturated heterocycles. The van der Waals surface area contributed by atoms with Gasteiger partial charge in [0.15, 0.2) is 5.78 Å². The fraction of sp³-hybridized carbons (Fsp3) is 0.500. The van der Waals surface area contributed by atoms with Crippen LogP contribution in [0.25, 0.3) is 0 Å². The Kier molecular flexibility index (Phi) is 5.01. The van der Waals surface area contributed by atoms with Gasteiger partial charge in [0.2, 0.25) is 0 Å². The van der Waals surface area contributed by atoms with E-state index < -0.39 is 0 Å². The number of ketones is 1. The molecule has 0 aliphatic carbocycles. The molecule has 0 amide bonds. The van der Waals surface area contributed by atoms with E-state index in [1.165, 1.54) is 19.8 Å². The topological polar surface area (TPSA) is 55.1 Å². The Bertz CT molecular complexity index is 384. The van der Waals surface area contributed by atoms with Crippen molar-refractivity contribution >= 4 is 17.2 Å². The Morgan fingerprint density at radius 2 is 2.00 bits per heavy atom. The van der Waals surface area contributed by atoms with Crippen LogP contribution in [-0.2, 0) is 0 Å². The summed E-state index contributed by atoms with van der Waals surface area (Å²) in [6.07, 6.45) is 2.34. The van der Waals surface area contributed by atoms with Crippen LogP contribution in [0, 0.1) is 5.92 Å². The van der Waals surface area contributed by atoms with E-state index in [1.54, 1.807) is 6.07 Å². The van der Waals surface area contributed by atoms with E-state index in [0.29, 0.717) is 17.2 Å². The van der Waals surface area contributed by atoms with Crippen molar-refractivity contribution < 1.29 is 4.79 Å². The molecule has 94 valence electrons. The zero-order valence-corrected chi connectivity index (χ0v) is 10.9. The van der Waals surface area contributed by atoms with Gasteiger partial charge in [0.1, 0.15) is 0 Å². The summed E-state index contributed by atoms with van der Waals surface area (Å²) in [6.45, 7) is 6.88. The number of anilines is 2. The highest BCUT2D eigenvalue weighted by molar-refractivity contribution is 5.99. The average molecular weight is 234 g/mol. The minimum Gasteiger partial charge on any atom is -0.398 e. The molecule has 1 aromatic rings. The summed E-state index contributed by atoms with van der Waals surface area (Å²) in [5.41, 5.74) is 7.96. The largest absolute Gasteiger partial charge is 0.398 e. The fourth-order valence-electron chi connectivity index (χ4n) is 1.83. The molecule has 0 atom stereocenters. The minimum atomic E-state index is 0.00837. The van der Waals surface area contributed by atoms with E-state index in [0.717, 1.165) is 12.2 Å². The molecule has 0 heterocycles. The molecule has 1 aromatic carbocycles. The molecule has 0 radical (unpaired) electrons. The summed E-state index contributed by atoms with van der Waals surface area (Å²) >= 11 is 0. The molecule has 0 aliphatic heterocycles. The second-order valence-electron chi connectivity index (χ2n) is 4.42. The smallest absolute Gasteiger partial charge is 0.161 e. The van der Waals surface area contributed by atoms with E-state index >= 15 is 0 Å². The van der Waals surface area contributed by atoms with E-state index in [2.05, 4.69) is 19.2 Å². The molecule has 3 heteroatoms. The predicted octanol–water partition coefficient (Wildman–Crippen LogP) is 3.32. The maximum Gasteiger partial charge on any atom is 0.161 e. The monoisotopic (exact) mass is 234 g/mol. The zero-order chi connectivity index (χ0) is 12.8. The molecule has 17 heavy (non-hydrogen) atoms. The van der Waals surface area contributed by atoms with Crippen LogP contribution in [0.2, 0.25) is 0 Å². The third kappa shape index (κ3) is 3.77. The number of rotatable bonds is 6. The van der Waals surface area contributed by atoms with Crippen molar-refractivity contribution in [3.63, 3.8) is 0 Å². The van der Waals surface area contributed by atoms with Gasteiger partial charge in [0.25, 0.3) is 0 Å². The van der Waals surface area contributed by atoms with Crippen LogP contribution < -0.4 is 11.1 Å². The van der Waals surface area contributed by atoms with Gasteiger partial charge in [0, 0.05) is 23.5 Å². The van der Waals surface area contributed by atoms with Gasteiger partial charge in [-0.25, -0.2) is 0 Å². The number of nitrogens with two attached hydrogens (primary N) is 1. The van der Waals surface area contributed by atoms with Crippen LogP contribution in [0.4, 0.5) is 11.4 Å². The van der Waals surface area contributed by atoms with Crippen molar-refractivity contribution in [2.75, 3.05) is 17.6 Å². The minimum absolute atomic E-state index is 0.00837. The van der Waals surface area contributed by atoms with Crippen molar-refractivity contribution in [1.29, 1.82) is 0 Å². The van der Waals surface area contributed by atoms with E-state index in [4.69, 9.17) is 5.73 Å². The normalized spacial score (nSPS) is 10.6. The van der Waals surface area contributed by atoms with Crippen LogP contribution in [0.15, 0.2) is 18.2 Å². The summed E-state index contributed by atoms with van der Waals surface area (Å²) in [6, 6.07) is 5.53. The van der Waals surface area contributed by atoms with Crippen molar-refractivity contribution in [2.24, 2.45) is 5.92 Å². The van der Waals surface area contributed by atoms with Gasteiger partial charge in [-0.1, -0.05) is 26.7 Å². The lowest BCUT2D eigenvalue weighted by Crippen LogP contribution is -2.13. The molecule has 0 bridgehead atoms. The predicted molar refractivity (Wildman–Crippen MR) is 73.4 cm³/mol. The Labute approximate surface area is 103 Å².